The van der Waals surface area contributed by atoms with Crippen molar-refractivity contribution < 1.29 is 38.1 Å². The molecule has 2 aromatic carbocycles. The van der Waals surface area contributed by atoms with Crippen LogP contribution < -0.4 is 20.7 Å². The van der Waals surface area contributed by atoms with Gasteiger partial charge in [-0.2, -0.15) is 0 Å². The maximum Gasteiger partial charge on any atom is 0.336 e. The van der Waals surface area contributed by atoms with Crippen LogP contribution in [0.3, 0.4) is 0 Å². The van der Waals surface area contributed by atoms with E-state index < -0.39 is 11.3 Å². The molecule has 46 heavy (non-hydrogen) atoms. The number of hydrogen-bond donors (Lipinski definition) is 2. The number of hydrogen-bond acceptors (Lipinski definition) is 10. The second-order valence-corrected chi connectivity index (χ2v) is 11.9. The van der Waals surface area contributed by atoms with Gasteiger partial charge in [0.1, 0.15) is 51.9 Å². The lowest BCUT2D eigenvalue weighted by atomic mass is 9.94. The van der Waals surface area contributed by atoms with Crippen molar-refractivity contribution in [1.29, 1.82) is 0 Å². The molecule has 0 radical (unpaired) electrons. The highest BCUT2D eigenvalue weighted by Crippen LogP contribution is 2.43. The fourth-order valence-electron chi connectivity index (χ4n) is 6.42. The molecule has 0 saturated carbocycles. The highest BCUT2D eigenvalue weighted by Gasteiger charge is 2.32. The number of phenolic OH excluding ortho intramolecular Hbond substituents is 2. The number of fused-ring (bicyclic) bond motifs is 5. The van der Waals surface area contributed by atoms with Crippen LogP contribution in [0, 0.1) is 0 Å². The maximum absolute atomic E-state index is 12.6. The summed E-state index contributed by atoms with van der Waals surface area (Å²) in [5.74, 6) is 0.229. The Morgan fingerprint density at radius 2 is 1.17 bits per heavy atom. The fourth-order valence-corrected chi connectivity index (χ4v) is 6.42. The molecule has 10 nitrogen and oxygen atoms in total. The standard InChI is InChI=1S/2C18H20O5/c1-3-5-10-7-15(20)23-13-9-14-17(18(21)16(10)13)12(19)8-11(22-14)6-4-2;1-3-5-10-7-15(21)23-18-16(10)13(20)9-14-17(18)12(19)8-11(22-14)6-4-2/h7,9,11,21H,3-6,8H2,1-2H3;7,9,11,20H,3-6,8H2,1-2H3. The summed E-state index contributed by atoms with van der Waals surface area (Å²) in [6.45, 7) is 8.02. The van der Waals surface area contributed by atoms with Crippen LogP contribution in [0.2, 0.25) is 0 Å². The van der Waals surface area contributed by atoms with Crippen LogP contribution in [0.25, 0.3) is 21.9 Å². The zero-order chi connectivity index (χ0) is 33.1. The summed E-state index contributed by atoms with van der Waals surface area (Å²) < 4.78 is 22.2. The number of carbonyl (C=O) groups is 2. The van der Waals surface area contributed by atoms with E-state index in [4.69, 9.17) is 18.3 Å². The lowest BCUT2D eigenvalue weighted by molar-refractivity contribution is 0.0825. The molecule has 2 aliphatic rings. The molecular weight excluding hydrogens is 592 g/mol. The van der Waals surface area contributed by atoms with E-state index >= 15 is 0 Å². The molecule has 0 bridgehead atoms. The Bertz CT molecular complexity index is 1890. The minimum atomic E-state index is -0.516. The van der Waals surface area contributed by atoms with E-state index in [9.17, 15) is 29.4 Å². The average Bonchev–Trinajstić information content (AvgIpc) is 2.97. The largest absolute Gasteiger partial charge is 0.507 e. The molecule has 2 atom stereocenters. The molecular formula is C36H40O10. The van der Waals surface area contributed by atoms with Crippen molar-refractivity contribution in [2.75, 3.05) is 0 Å². The van der Waals surface area contributed by atoms with E-state index in [1.165, 1.54) is 18.2 Å². The third-order valence-corrected chi connectivity index (χ3v) is 8.32. The molecule has 2 N–H and O–H groups in total. The van der Waals surface area contributed by atoms with Gasteiger partial charge in [-0.15, -0.1) is 0 Å². The average molecular weight is 633 g/mol. The van der Waals surface area contributed by atoms with Crippen LogP contribution in [-0.2, 0) is 12.8 Å². The van der Waals surface area contributed by atoms with Gasteiger partial charge in [0.25, 0.3) is 0 Å². The summed E-state index contributed by atoms with van der Waals surface area (Å²) in [4.78, 5) is 48.6. The van der Waals surface area contributed by atoms with Crippen molar-refractivity contribution >= 4 is 33.5 Å². The van der Waals surface area contributed by atoms with Crippen molar-refractivity contribution in [3.05, 3.63) is 67.4 Å². The Kier molecular flexibility index (Phi) is 9.84. The fraction of sp³-hybridized carbons (Fsp3) is 0.444. The van der Waals surface area contributed by atoms with Gasteiger partial charge in [0.15, 0.2) is 17.1 Å². The van der Waals surface area contributed by atoms with Gasteiger partial charge in [0.2, 0.25) is 0 Å². The van der Waals surface area contributed by atoms with Crippen molar-refractivity contribution in [3.63, 3.8) is 0 Å². The summed E-state index contributed by atoms with van der Waals surface area (Å²) in [5.41, 5.74) is 1.31. The van der Waals surface area contributed by atoms with Gasteiger partial charge in [0, 0.05) is 37.1 Å². The first-order valence-electron chi connectivity index (χ1n) is 16.1. The lowest BCUT2D eigenvalue weighted by Gasteiger charge is -2.26. The van der Waals surface area contributed by atoms with Crippen LogP contribution in [0.4, 0.5) is 0 Å². The second kappa shape index (κ2) is 13.8. The Balaban J connectivity index is 0.000000181. The number of ketones is 2. The number of Topliss-reactive ketones (excluding diaryl/α,β-unsaturated/α-hetero) is 2. The van der Waals surface area contributed by atoms with E-state index in [1.807, 2.05) is 27.7 Å². The number of carbonyl (C=O) groups excluding carboxylic acids is 2. The zero-order valence-corrected chi connectivity index (χ0v) is 26.7. The molecule has 0 aliphatic carbocycles. The number of benzene rings is 2. The van der Waals surface area contributed by atoms with Crippen molar-refractivity contribution in [3.8, 4) is 23.0 Å². The molecule has 10 heteroatoms. The van der Waals surface area contributed by atoms with Gasteiger partial charge in [0.05, 0.1) is 10.8 Å². The summed E-state index contributed by atoms with van der Waals surface area (Å²) >= 11 is 0. The van der Waals surface area contributed by atoms with E-state index in [-0.39, 0.29) is 70.4 Å². The zero-order valence-electron chi connectivity index (χ0n) is 26.7. The Labute approximate surface area is 265 Å². The predicted molar refractivity (Wildman–Crippen MR) is 173 cm³/mol. The van der Waals surface area contributed by atoms with Crippen LogP contribution in [0.5, 0.6) is 23.0 Å². The number of phenols is 2. The highest BCUT2D eigenvalue weighted by molar-refractivity contribution is 6.11. The predicted octanol–water partition coefficient (Wildman–Crippen LogP) is 7.17. The highest BCUT2D eigenvalue weighted by atomic mass is 16.5. The molecule has 244 valence electrons. The van der Waals surface area contributed by atoms with Crippen LogP contribution in [0.1, 0.15) is 111 Å². The third kappa shape index (κ3) is 6.38. The van der Waals surface area contributed by atoms with Crippen molar-refractivity contribution in [2.24, 2.45) is 0 Å². The smallest absolute Gasteiger partial charge is 0.336 e. The molecule has 0 fully saturated rings. The topological polar surface area (TPSA) is 153 Å². The number of aryl methyl sites for hydroxylation is 2. The lowest BCUT2D eigenvalue weighted by Crippen LogP contribution is -2.27. The molecule has 4 aromatic rings. The number of rotatable bonds is 8. The number of aromatic hydroxyl groups is 2. The summed E-state index contributed by atoms with van der Waals surface area (Å²) in [7, 11) is 0. The van der Waals surface area contributed by atoms with E-state index in [1.54, 1.807) is 6.07 Å². The van der Waals surface area contributed by atoms with Gasteiger partial charge >= 0.3 is 11.3 Å². The van der Waals surface area contributed by atoms with E-state index in [0.717, 1.165) is 38.5 Å². The Morgan fingerprint density at radius 3 is 1.74 bits per heavy atom. The molecule has 2 unspecified atom stereocenters. The summed E-state index contributed by atoms with van der Waals surface area (Å²) in [6, 6.07) is 5.79. The Hall–Kier alpha value is -4.60. The molecule has 0 saturated heterocycles. The maximum atomic E-state index is 12.6. The monoisotopic (exact) mass is 632 g/mol. The normalized spacial score (nSPS) is 17.1. The SMILES string of the molecule is CCCc1cc(=O)oc2c3c(cc(O)c12)OC(CCC)CC3=O.CCCc1cc(=O)oc2cc3c(c(O)c12)C(=O)CC(CCC)O3. The molecule has 2 aliphatic heterocycles. The molecule has 0 amide bonds. The molecule has 0 spiro atoms. The minimum absolute atomic E-state index is 0.0177. The Morgan fingerprint density at radius 1 is 0.652 bits per heavy atom. The number of ether oxygens (including phenoxy) is 2. The first kappa shape index (κ1) is 32.8. The van der Waals surface area contributed by atoms with E-state index in [0.29, 0.717) is 46.2 Å². The van der Waals surface area contributed by atoms with E-state index in [2.05, 4.69) is 0 Å². The first-order valence-corrected chi connectivity index (χ1v) is 16.1. The van der Waals surface area contributed by atoms with Crippen LogP contribution in [-0.4, -0.2) is 34.0 Å². The quantitative estimate of drug-likeness (QED) is 0.191. The van der Waals surface area contributed by atoms with Crippen molar-refractivity contribution in [2.45, 2.75) is 104 Å². The first-order chi connectivity index (χ1) is 22.1. The van der Waals surface area contributed by atoms with Crippen LogP contribution >= 0.6 is 0 Å². The summed E-state index contributed by atoms with van der Waals surface area (Å²) in [6.07, 6.45) is 6.38. The van der Waals surface area contributed by atoms with Gasteiger partial charge in [-0.3, -0.25) is 9.59 Å². The van der Waals surface area contributed by atoms with Crippen molar-refractivity contribution in [1.82, 2.24) is 0 Å². The van der Waals surface area contributed by atoms with Gasteiger partial charge in [-0.25, -0.2) is 9.59 Å². The molecule has 6 rings (SSSR count). The van der Waals surface area contributed by atoms with Gasteiger partial charge in [-0.1, -0.05) is 53.4 Å². The van der Waals surface area contributed by atoms with Gasteiger partial charge in [-0.05, 0) is 36.8 Å². The third-order valence-electron chi connectivity index (χ3n) is 8.32. The molecule has 2 aromatic heterocycles. The second-order valence-electron chi connectivity index (χ2n) is 11.9. The minimum Gasteiger partial charge on any atom is -0.507 e. The van der Waals surface area contributed by atoms with Crippen LogP contribution in [0.15, 0.2) is 42.7 Å². The summed E-state index contributed by atoms with van der Waals surface area (Å²) in [5, 5.41) is 21.9. The molecule has 4 heterocycles. The van der Waals surface area contributed by atoms with Gasteiger partial charge < -0.3 is 28.5 Å².